The lowest BCUT2D eigenvalue weighted by Crippen LogP contribution is -2.42. The first kappa shape index (κ1) is 24.9. The topological polar surface area (TPSA) is 125 Å². The maximum Gasteiger partial charge on any atom is 0.325 e. The lowest BCUT2D eigenvalue weighted by Gasteiger charge is -2.26. The van der Waals surface area contributed by atoms with Crippen LogP contribution in [0.15, 0.2) is 71.6 Å². The molecule has 5 rings (SSSR count). The molecule has 0 aromatic heterocycles. The van der Waals surface area contributed by atoms with E-state index in [0.29, 0.717) is 24.5 Å². The van der Waals surface area contributed by atoms with E-state index in [9.17, 15) is 22.8 Å². The molecule has 2 fully saturated rings. The summed E-state index contributed by atoms with van der Waals surface area (Å²) in [6.45, 7) is 2.38. The SMILES string of the molecule is CC1(c2ccc3ccccc3c2)NC(=O)N(CC(=O)Nc2ccc(S(=O)(=O)N3CCOCC3)cc2)C1=O. The van der Waals surface area contributed by atoms with Crippen molar-refractivity contribution in [2.75, 3.05) is 38.2 Å². The zero-order chi connectivity index (χ0) is 26.2. The number of urea groups is 1. The zero-order valence-electron chi connectivity index (χ0n) is 20.1. The highest BCUT2D eigenvalue weighted by molar-refractivity contribution is 7.89. The van der Waals surface area contributed by atoms with Crippen LogP contribution in [-0.4, -0.2) is 68.3 Å². The standard InChI is InChI=1S/C26H26N4O6S/c1-26(20-7-6-18-4-2-3-5-19(18)16-20)24(32)30(25(33)28-26)17-23(31)27-21-8-10-22(11-9-21)37(34,35)29-12-14-36-15-13-29/h2-11,16H,12-15,17H2,1H3,(H,27,31)(H,28,33). The number of sulfonamides is 1. The van der Waals surface area contributed by atoms with Gasteiger partial charge >= 0.3 is 6.03 Å². The van der Waals surface area contributed by atoms with Gasteiger partial charge in [0.15, 0.2) is 0 Å². The van der Waals surface area contributed by atoms with Gasteiger partial charge in [0, 0.05) is 18.8 Å². The minimum atomic E-state index is -3.66. The minimum Gasteiger partial charge on any atom is -0.379 e. The molecule has 2 saturated heterocycles. The molecule has 1 atom stereocenters. The summed E-state index contributed by atoms with van der Waals surface area (Å²) in [5, 5.41) is 7.27. The van der Waals surface area contributed by atoms with Gasteiger partial charge in [0.25, 0.3) is 5.91 Å². The zero-order valence-corrected chi connectivity index (χ0v) is 21.0. The second-order valence-corrected chi connectivity index (χ2v) is 11.0. The Bertz CT molecular complexity index is 1480. The highest BCUT2D eigenvalue weighted by atomic mass is 32.2. The van der Waals surface area contributed by atoms with Crippen LogP contribution in [0.2, 0.25) is 0 Å². The van der Waals surface area contributed by atoms with Crippen molar-refractivity contribution in [1.82, 2.24) is 14.5 Å². The number of rotatable bonds is 6. The monoisotopic (exact) mass is 522 g/mol. The van der Waals surface area contributed by atoms with Crippen molar-refractivity contribution in [1.29, 1.82) is 0 Å². The third-order valence-corrected chi connectivity index (χ3v) is 8.56. The summed E-state index contributed by atoms with van der Waals surface area (Å²) in [7, 11) is -3.66. The maximum absolute atomic E-state index is 13.2. The number of morpholine rings is 1. The van der Waals surface area contributed by atoms with E-state index >= 15 is 0 Å². The first-order valence-corrected chi connectivity index (χ1v) is 13.2. The molecule has 0 spiro atoms. The number of benzene rings is 3. The van der Waals surface area contributed by atoms with E-state index < -0.39 is 40.0 Å². The van der Waals surface area contributed by atoms with E-state index in [4.69, 9.17) is 4.74 Å². The molecule has 0 bridgehead atoms. The maximum atomic E-state index is 13.2. The number of carbonyl (C=O) groups excluding carboxylic acids is 3. The van der Waals surface area contributed by atoms with Crippen LogP contribution in [0.1, 0.15) is 12.5 Å². The van der Waals surface area contributed by atoms with Crippen molar-refractivity contribution in [3.63, 3.8) is 0 Å². The molecule has 1 unspecified atom stereocenters. The molecule has 0 aliphatic carbocycles. The van der Waals surface area contributed by atoms with Gasteiger partial charge in [-0.1, -0.05) is 36.4 Å². The predicted molar refractivity (Wildman–Crippen MR) is 136 cm³/mol. The lowest BCUT2D eigenvalue weighted by atomic mass is 9.90. The van der Waals surface area contributed by atoms with E-state index in [2.05, 4.69) is 10.6 Å². The van der Waals surface area contributed by atoms with Crippen molar-refractivity contribution >= 4 is 44.3 Å². The number of nitrogens with one attached hydrogen (secondary N) is 2. The van der Waals surface area contributed by atoms with Crippen LogP contribution >= 0.6 is 0 Å². The molecule has 0 saturated carbocycles. The van der Waals surface area contributed by atoms with Gasteiger partial charge in [-0.15, -0.1) is 0 Å². The van der Waals surface area contributed by atoms with Crippen molar-refractivity contribution < 1.29 is 27.5 Å². The fraction of sp³-hybridized carbons (Fsp3) is 0.269. The van der Waals surface area contributed by atoms with E-state index in [0.717, 1.165) is 15.7 Å². The van der Waals surface area contributed by atoms with Crippen LogP contribution in [0.4, 0.5) is 10.5 Å². The number of hydrogen-bond acceptors (Lipinski definition) is 6. The quantitative estimate of drug-likeness (QED) is 0.479. The second-order valence-electron chi connectivity index (χ2n) is 9.10. The number of anilines is 1. The average molecular weight is 523 g/mol. The first-order chi connectivity index (χ1) is 17.7. The van der Waals surface area contributed by atoms with Gasteiger partial charge in [0.1, 0.15) is 12.1 Å². The Morgan fingerprint density at radius 2 is 1.68 bits per heavy atom. The second kappa shape index (κ2) is 9.58. The van der Waals surface area contributed by atoms with Gasteiger partial charge in [-0.25, -0.2) is 13.2 Å². The van der Waals surface area contributed by atoms with Crippen molar-refractivity contribution in [3.8, 4) is 0 Å². The van der Waals surface area contributed by atoms with E-state index in [-0.39, 0.29) is 18.0 Å². The molecule has 0 radical (unpaired) electrons. The van der Waals surface area contributed by atoms with Crippen molar-refractivity contribution in [3.05, 3.63) is 72.3 Å². The van der Waals surface area contributed by atoms with Gasteiger partial charge < -0.3 is 15.4 Å². The molecular formula is C26H26N4O6S. The number of ether oxygens (including phenoxy) is 1. The van der Waals surface area contributed by atoms with Crippen LogP contribution in [0.3, 0.4) is 0 Å². The fourth-order valence-electron chi connectivity index (χ4n) is 4.53. The van der Waals surface area contributed by atoms with Gasteiger partial charge in [0.2, 0.25) is 15.9 Å². The molecule has 10 nitrogen and oxygen atoms in total. The molecule has 4 amide bonds. The van der Waals surface area contributed by atoms with Crippen LogP contribution in [0, 0.1) is 0 Å². The van der Waals surface area contributed by atoms with E-state index in [1.165, 1.54) is 28.6 Å². The first-order valence-electron chi connectivity index (χ1n) is 11.8. The van der Waals surface area contributed by atoms with Crippen molar-refractivity contribution in [2.45, 2.75) is 17.4 Å². The van der Waals surface area contributed by atoms with Crippen LogP contribution in [0.25, 0.3) is 10.8 Å². The molecule has 2 heterocycles. The Kier molecular flexibility index (Phi) is 6.44. The summed E-state index contributed by atoms with van der Waals surface area (Å²) in [5.41, 5.74) is -0.350. The summed E-state index contributed by atoms with van der Waals surface area (Å²) < 4.78 is 32.1. The highest BCUT2D eigenvalue weighted by Gasteiger charge is 2.49. The molecule has 2 aliphatic heterocycles. The van der Waals surface area contributed by atoms with E-state index in [1.807, 2.05) is 36.4 Å². The molecular weight excluding hydrogens is 496 g/mol. The van der Waals surface area contributed by atoms with Gasteiger partial charge in [-0.2, -0.15) is 4.31 Å². The molecule has 192 valence electrons. The Balaban J connectivity index is 1.26. The summed E-state index contributed by atoms with van der Waals surface area (Å²) in [4.78, 5) is 39.6. The molecule has 3 aromatic rings. The van der Waals surface area contributed by atoms with Gasteiger partial charge in [-0.05, 0) is 53.6 Å². The summed E-state index contributed by atoms with van der Waals surface area (Å²) in [6, 6.07) is 18.3. The predicted octanol–water partition coefficient (Wildman–Crippen LogP) is 2.27. The number of carbonyl (C=O) groups is 3. The normalized spacial score (nSPS) is 20.7. The summed E-state index contributed by atoms with van der Waals surface area (Å²) in [6.07, 6.45) is 0. The summed E-state index contributed by atoms with van der Waals surface area (Å²) in [5.74, 6) is -1.12. The number of nitrogens with zero attached hydrogens (tertiary/aromatic N) is 2. The average Bonchev–Trinajstić information content (AvgIpc) is 3.13. The Morgan fingerprint density at radius 1 is 1.00 bits per heavy atom. The fourth-order valence-corrected chi connectivity index (χ4v) is 5.93. The molecule has 11 heteroatoms. The van der Waals surface area contributed by atoms with Crippen LogP contribution < -0.4 is 10.6 Å². The Labute approximate surface area is 214 Å². The number of hydrogen-bond donors (Lipinski definition) is 2. The number of imide groups is 1. The third-order valence-electron chi connectivity index (χ3n) is 6.65. The smallest absolute Gasteiger partial charge is 0.325 e. The third kappa shape index (κ3) is 4.68. The lowest BCUT2D eigenvalue weighted by molar-refractivity contribution is -0.133. The Hall–Kier alpha value is -3.80. The van der Waals surface area contributed by atoms with E-state index in [1.54, 1.807) is 13.0 Å². The minimum absolute atomic E-state index is 0.104. The molecule has 3 aromatic carbocycles. The van der Waals surface area contributed by atoms with Crippen LogP contribution in [-0.2, 0) is 29.9 Å². The number of amides is 4. The molecule has 2 N–H and O–H groups in total. The molecule has 37 heavy (non-hydrogen) atoms. The summed E-state index contributed by atoms with van der Waals surface area (Å²) >= 11 is 0. The van der Waals surface area contributed by atoms with Crippen LogP contribution in [0.5, 0.6) is 0 Å². The van der Waals surface area contributed by atoms with Gasteiger partial charge in [-0.3, -0.25) is 14.5 Å². The van der Waals surface area contributed by atoms with Gasteiger partial charge in [0.05, 0.1) is 18.1 Å². The largest absolute Gasteiger partial charge is 0.379 e. The molecule has 2 aliphatic rings. The highest BCUT2D eigenvalue weighted by Crippen LogP contribution is 2.31. The Morgan fingerprint density at radius 3 is 2.38 bits per heavy atom. The van der Waals surface area contributed by atoms with Crippen molar-refractivity contribution in [2.24, 2.45) is 0 Å². The number of fused-ring (bicyclic) bond motifs is 1.